The molecule has 3 aromatic carbocycles. The second-order valence-electron chi connectivity index (χ2n) is 10.3. The average molecular weight is 593 g/mol. The number of piperidine rings is 1. The lowest BCUT2D eigenvalue weighted by Gasteiger charge is -2.32. The molecule has 2 N–H and O–H groups in total. The van der Waals surface area contributed by atoms with E-state index in [0.717, 1.165) is 43.0 Å². The van der Waals surface area contributed by atoms with Gasteiger partial charge < -0.3 is 39.1 Å². The van der Waals surface area contributed by atoms with Crippen LogP contribution >= 0.6 is 0 Å². The van der Waals surface area contributed by atoms with Crippen molar-refractivity contribution in [2.45, 2.75) is 37.9 Å². The summed E-state index contributed by atoms with van der Waals surface area (Å²) in [5, 5.41) is 6.33. The van der Waals surface area contributed by atoms with Crippen LogP contribution in [-0.4, -0.2) is 72.4 Å². The molecular weight excluding hydrogens is 548 g/mol. The predicted molar refractivity (Wildman–Crippen MR) is 166 cm³/mol. The van der Waals surface area contributed by atoms with Gasteiger partial charge in [-0.05, 0) is 48.9 Å². The second-order valence-corrected chi connectivity index (χ2v) is 10.3. The highest BCUT2D eigenvalue weighted by molar-refractivity contribution is 5.92. The molecule has 0 spiro atoms. The lowest BCUT2D eigenvalue weighted by Crippen LogP contribution is -2.41. The van der Waals surface area contributed by atoms with Crippen LogP contribution in [0.2, 0.25) is 0 Å². The molecule has 43 heavy (non-hydrogen) atoms. The topological polar surface area (TPSA) is 96.5 Å². The lowest BCUT2D eigenvalue weighted by molar-refractivity contribution is -0.117. The van der Waals surface area contributed by atoms with E-state index >= 15 is 0 Å². The van der Waals surface area contributed by atoms with Crippen molar-refractivity contribution in [1.29, 1.82) is 0 Å². The molecule has 0 aliphatic carbocycles. The quantitative estimate of drug-likeness (QED) is 0.195. The van der Waals surface area contributed by atoms with Crippen LogP contribution in [0, 0.1) is 0 Å². The number of ether oxygens (including phenoxy) is 6. The molecule has 0 bridgehead atoms. The summed E-state index contributed by atoms with van der Waals surface area (Å²) < 4.78 is 34.3. The monoisotopic (exact) mass is 592 g/mol. The maximum absolute atomic E-state index is 12.1. The zero-order valence-electron chi connectivity index (χ0n) is 25.2. The Hall–Kier alpha value is -3.63. The van der Waals surface area contributed by atoms with Gasteiger partial charge in [0.2, 0.25) is 5.91 Å². The fourth-order valence-corrected chi connectivity index (χ4v) is 5.01. The van der Waals surface area contributed by atoms with Crippen LogP contribution in [0.3, 0.4) is 0 Å². The number of rotatable bonds is 18. The summed E-state index contributed by atoms with van der Waals surface area (Å²) in [6.45, 7) is 4.64. The number of para-hydroxylation sites is 3. The predicted octanol–water partition coefficient (Wildman–Crippen LogP) is 5.20. The number of amides is 1. The minimum atomic E-state index is -0.115. The van der Waals surface area contributed by atoms with Gasteiger partial charge in [-0.2, -0.15) is 0 Å². The lowest BCUT2D eigenvalue weighted by atomic mass is 9.88. The van der Waals surface area contributed by atoms with E-state index in [9.17, 15) is 4.79 Å². The maximum Gasteiger partial charge on any atom is 0.226 e. The third kappa shape index (κ3) is 10.5. The van der Waals surface area contributed by atoms with E-state index < -0.39 is 0 Å². The molecule has 0 radical (unpaired) electrons. The van der Waals surface area contributed by atoms with E-state index in [1.165, 1.54) is 5.56 Å². The van der Waals surface area contributed by atoms with Crippen molar-refractivity contribution >= 4 is 11.6 Å². The van der Waals surface area contributed by atoms with E-state index in [0.29, 0.717) is 51.1 Å². The van der Waals surface area contributed by atoms with E-state index in [4.69, 9.17) is 28.4 Å². The van der Waals surface area contributed by atoms with Crippen molar-refractivity contribution in [3.05, 3.63) is 83.9 Å². The van der Waals surface area contributed by atoms with Gasteiger partial charge in [-0.3, -0.25) is 4.79 Å². The van der Waals surface area contributed by atoms with E-state index in [-0.39, 0.29) is 24.3 Å². The fraction of sp³-hybridized carbons (Fsp3) is 0.441. The zero-order chi connectivity index (χ0) is 30.1. The Labute approximate surface area is 254 Å². The van der Waals surface area contributed by atoms with Crippen molar-refractivity contribution in [2.75, 3.05) is 65.7 Å². The van der Waals surface area contributed by atoms with Crippen molar-refractivity contribution in [3.8, 4) is 17.2 Å². The Morgan fingerprint density at radius 1 is 0.860 bits per heavy atom. The first-order valence-corrected chi connectivity index (χ1v) is 14.9. The standard InChI is InChI=1S/C34H44N2O7/c1-38-21-17-34(37)36-30-9-4-6-11-32(30)42-22-23-43-33-24-35-18-16-29(33)26-12-14-28(15-13-26)41-20-7-19-40-25-27-8-3-5-10-31(27)39-2/h3-6,8-15,29,33,35H,7,16-25H2,1-2H3,(H,36,37). The van der Waals surface area contributed by atoms with E-state index in [2.05, 4.69) is 22.8 Å². The number of carbonyl (C=O) groups excluding carboxylic acids is 1. The minimum Gasteiger partial charge on any atom is -0.496 e. The first-order chi connectivity index (χ1) is 21.2. The van der Waals surface area contributed by atoms with Gasteiger partial charge in [-0.15, -0.1) is 0 Å². The van der Waals surface area contributed by atoms with Gasteiger partial charge in [0.15, 0.2) is 0 Å². The van der Waals surface area contributed by atoms with Crippen molar-refractivity contribution in [2.24, 2.45) is 0 Å². The SMILES string of the molecule is COCCC(=O)Nc1ccccc1OCCOC1CNCCC1c1ccc(OCCCOCc2ccccc2OC)cc1. The van der Waals surface area contributed by atoms with Crippen molar-refractivity contribution in [3.63, 3.8) is 0 Å². The first kappa shape index (κ1) is 32.3. The molecule has 232 valence electrons. The first-order valence-electron chi connectivity index (χ1n) is 14.9. The van der Waals surface area contributed by atoms with Crippen molar-refractivity contribution < 1.29 is 33.2 Å². The fourth-order valence-electron chi connectivity index (χ4n) is 5.01. The molecule has 1 fully saturated rings. The molecule has 1 aliphatic heterocycles. The molecule has 0 aromatic heterocycles. The van der Waals surface area contributed by atoms with Crippen LogP contribution in [0.15, 0.2) is 72.8 Å². The van der Waals surface area contributed by atoms with Gasteiger partial charge in [0.1, 0.15) is 23.9 Å². The summed E-state index contributed by atoms with van der Waals surface area (Å²) >= 11 is 0. The number of hydrogen-bond acceptors (Lipinski definition) is 8. The highest BCUT2D eigenvalue weighted by Crippen LogP contribution is 2.29. The normalized spacial score (nSPS) is 16.4. The Morgan fingerprint density at radius 2 is 1.65 bits per heavy atom. The molecule has 1 saturated heterocycles. The second kappa shape index (κ2) is 18.1. The van der Waals surface area contributed by atoms with Crippen LogP contribution in [0.4, 0.5) is 5.69 Å². The maximum atomic E-state index is 12.1. The van der Waals surface area contributed by atoms with Crippen LogP contribution in [0.5, 0.6) is 17.2 Å². The minimum absolute atomic E-state index is 0.0356. The molecule has 9 heteroatoms. The highest BCUT2D eigenvalue weighted by atomic mass is 16.5. The largest absolute Gasteiger partial charge is 0.496 e. The highest BCUT2D eigenvalue weighted by Gasteiger charge is 2.27. The molecule has 1 heterocycles. The summed E-state index contributed by atoms with van der Waals surface area (Å²) in [4.78, 5) is 12.1. The van der Waals surface area contributed by atoms with Gasteiger partial charge >= 0.3 is 0 Å². The van der Waals surface area contributed by atoms with E-state index in [1.807, 2.05) is 60.7 Å². The van der Waals surface area contributed by atoms with Crippen LogP contribution in [0.25, 0.3) is 0 Å². The smallest absolute Gasteiger partial charge is 0.226 e. The summed E-state index contributed by atoms with van der Waals surface area (Å²) in [5.74, 6) is 2.48. The number of hydrogen-bond donors (Lipinski definition) is 2. The zero-order valence-corrected chi connectivity index (χ0v) is 25.2. The van der Waals surface area contributed by atoms with Gasteiger partial charge in [0, 0.05) is 31.6 Å². The number of nitrogens with one attached hydrogen (secondary N) is 2. The molecular formula is C34H44N2O7. The van der Waals surface area contributed by atoms with Gasteiger partial charge in [-0.1, -0.05) is 42.5 Å². The molecule has 9 nitrogen and oxygen atoms in total. The number of methoxy groups -OCH3 is 2. The Morgan fingerprint density at radius 3 is 2.47 bits per heavy atom. The Balaban J connectivity index is 1.17. The number of benzene rings is 3. The molecule has 3 aromatic rings. The molecule has 1 amide bonds. The van der Waals surface area contributed by atoms with Crippen LogP contribution < -0.4 is 24.8 Å². The van der Waals surface area contributed by atoms with E-state index in [1.54, 1.807) is 14.2 Å². The summed E-state index contributed by atoms with van der Waals surface area (Å²) in [6.07, 6.45) is 2.12. The van der Waals surface area contributed by atoms with Crippen LogP contribution in [0.1, 0.15) is 36.3 Å². The van der Waals surface area contributed by atoms with Gasteiger partial charge in [0.05, 0.1) is 58.4 Å². The third-order valence-electron chi connectivity index (χ3n) is 7.25. The third-order valence-corrected chi connectivity index (χ3v) is 7.25. The number of carbonyl (C=O) groups is 1. The summed E-state index contributed by atoms with van der Waals surface area (Å²) in [5.41, 5.74) is 2.92. The molecule has 2 atom stereocenters. The summed E-state index contributed by atoms with van der Waals surface area (Å²) in [7, 11) is 3.25. The molecule has 4 rings (SSSR count). The Kier molecular flexibility index (Phi) is 13.6. The van der Waals surface area contributed by atoms with Gasteiger partial charge in [0.25, 0.3) is 0 Å². The molecule has 2 unspecified atom stereocenters. The van der Waals surface area contributed by atoms with Crippen LogP contribution in [-0.2, 0) is 25.6 Å². The number of anilines is 1. The molecule has 0 saturated carbocycles. The Bertz CT molecular complexity index is 1240. The summed E-state index contributed by atoms with van der Waals surface area (Å²) in [6, 6.07) is 23.6. The van der Waals surface area contributed by atoms with Gasteiger partial charge in [-0.25, -0.2) is 0 Å². The van der Waals surface area contributed by atoms with Crippen molar-refractivity contribution in [1.82, 2.24) is 5.32 Å². The average Bonchev–Trinajstić information content (AvgIpc) is 3.05. The molecule has 1 aliphatic rings.